The molecule has 0 saturated carbocycles. The van der Waals surface area contributed by atoms with Crippen LogP contribution in [0.3, 0.4) is 0 Å². The molecule has 1 N–H and O–H groups in total. The van der Waals surface area contributed by atoms with Crippen molar-refractivity contribution < 1.29 is 9.53 Å². The van der Waals surface area contributed by atoms with E-state index in [1.165, 1.54) is 22.3 Å². The van der Waals surface area contributed by atoms with Crippen molar-refractivity contribution in [1.29, 1.82) is 0 Å². The Kier molecular flexibility index (Phi) is 4.24. The van der Waals surface area contributed by atoms with E-state index in [0.717, 1.165) is 16.0 Å². The Morgan fingerprint density at radius 1 is 1.45 bits per heavy atom. The molecule has 8 nitrogen and oxygen atoms in total. The summed E-state index contributed by atoms with van der Waals surface area (Å²) < 4.78 is 7.93. The van der Waals surface area contributed by atoms with Crippen LogP contribution in [0.5, 0.6) is 5.75 Å². The monoisotopic (exact) mass is 318 g/mol. The van der Waals surface area contributed by atoms with Gasteiger partial charge in [-0.1, -0.05) is 11.3 Å². The molecule has 3 aromatic rings. The van der Waals surface area contributed by atoms with Crippen LogP contribution in [0.2, 0.25) is 0 Å². The molecule has 9 heteroatoms. The average Bonchev–Trinajstić information content (AvgIpc) is 3.13. The number of hydrogen-bond acceptors (Lipinski definition) is 7. The van der Waals surface area contributed by atoms with Crippen LogP contribution in [0.4, 0.5) is 5.13 Å². The summed E-state index contributed by atoms with van der Waals surface area (Å²) in [6, 6.07) is 5.68. The predicted octanol–water partition coefficient (Wildman–Crippen LogP) is 1.71. The lowest BCUT2D eigenvalue weighted by Crippen LogP contribution is -2.14. The molecule has 0 bridgehead atoms. The van der Waals surface area contributed by atoms with Crippen molar-refractivity contribution in [2.75, 3.05) is 11.9 Å². The van der Waals surface area contributed by atoms with Crippen molar-refractivity contribution in [3.63, 3.8) is 0 Å². The quantitative estimate of drug-likeness (QED) is 0.743. The van der Waals surface area contributed by atoms with E-state index in [4.69, 9.17) is 4.74 Å². The van der Waals surface area contributed by atoms with Gasteiger partial charge in [0.1, 0.15) is 12.1 Å². The highest BCUT2D eigenvalue weighted by Gasteiger charge is 2.09. The number of carbonyl (C=O) groups is 1. The van der Waals surface area contributed by atoms with Gasteiger partial charge in [0.15, 0.2) is 5.13 Å². The van der Waals surface area contributed by atoms with Crippen LogP contribution in [0, 0.1) is 0 Å². The average molecular weight is 318 g/mol. The zero-order valence-corrected chi connectivity index (χ0v) is 12.7. The number of nitrogens with one attached hydrogen (secondary N) is 1. The van der Waals surface area contributed by atoms with Crippen molar-refractivity contribution in [2.24, 2.45) is 0 Å². The third-order valence-corrected chi connectivity index (χ3v) is 3.81. The second-order valence-electron chi connectivity index (χ2n) is 4.45. The highest BCUT2D eigenvalue weighted by atomic mass is 32.1. The summed E-state index contributed by atoms with van der Waals surface area (Å²) >= 11 is 1.42. The number of amides is 1. The highest BCUT2D eigenvalue weighted by Crippen LogP contribution is 2.29. The van der Waals surface area contributed by atoms with Crippen LogP contribution in [-0.2, 0) is 11.3 Å². The lowest BCUT2D eigenvalue weighted by Gasteiger charge is -2.00. The summed E-state index contributed by atoms with van der Waals surface area (Å²) in [6.45, 7) is 2.98. The lowest BCUT2D eigenvalue weighted by atomic mass is 10.3. The van der Waals surface area contributed by atoms with Gasteiger partial charge in [-0.3, -0.25) is 4.79 Å². The minimum atomic E-state index is -0.125. The molecule has 0 aliphatic carbocycles. The van der Waals surface area contributed by atoms with Crippen LogP contribution in [0.1, 0.15) is 13.3 Å². The molecule has 1 amide bonds. The van der Waals surface area contributed by atoms with E-state index < -0.39 is 0 Å². The Balaban J connectivity index is 1.64. The van der Waals surface area contributed by atoms with Crippen molar-refractivity contribution in [3.8, 4) is 5.75 Å². The van der Waals surface area contributed by atoms with Gasteiger partial charge in [0, 0.05) is 6.42 Å². The van der Waals surface area contributed by atoms with Gasteiger partial charge in [-0.2, -0.15) is 0 Å². The maximum absolute atomic E-state index is 11.9. The number of thiazole rings is 1. The molecule has 0 aliphatic heterocycles. The molecule has 0 atom stereocenters. The van der Waals surface area contributed by atoms with Gasteiger partial charge in [0.2, 0.25) is 5.91 Å². The number of nitrogens with zero attached hydrogens (tertiary/aromatic N) is 5. The summed E-state index contributed by atoms with van der Waals surface area (Å²) in [5.74, 6) is 0.676. The number of hydrogen-bond donors (Lipinski definition) is 1. The number of carbonyl (C=O) groups excluding carboxylic acids is 1. The fraction of sp³-hybridized carbons (Fsp3) is 0.308. The van der Waals surface area contributed by atoms with Crippen molar-refractivity contribution in [3.05, 3.63) is 24.5 Å². The van der Waals surface area contributed by atoms with E-state index in [1.54, 1.807) is 0 Å². The normalized spacial score (nSPS) is 10.8. The first-order valence-corrected chi connectivity index (χ1v) is 7.60. The SMILES string of the molecule is CCOc1ccc2nc(NC(=O)CCn3cnnn3)sc2c1. The first-order valence-electron chi connectivity index (χ1n) is 6.78. The number of aryl methyl sites for hydroxylation is 1. The number of anilines is 1. The zero-order chi connectivity index (χ0) is 15.4. The molecule has 2 heterocycles. The second kappa shape index (κ2) is 6.48. The van der Waals surface area contributed by atoms with E-state index in [0.29, 0.717) is 18.3 Å². The smallest absolute Gasteiger partial charge is 0.228 e. The Bertz CT molecular complexity index is 770. The fourth-order valence-electron chi connectivity index (χ4n) is 1.90. The third kappa shape index (κ3) is 3.37. The summed E-state index contributed by atoms with van der Waals surface area (Å²) in [5.41, 5.74) is 0.837. The largest absolute Gasteiger partial charge is 0.494 e. The molecule has 0 unspecified atom stereocenters. The molecule has 0 saturated heterocycles. The first kappa shape index (κ1) is 14.4. The standard InChI is InChI=1S/C13H14N6O2S/c1-2-21-9-3-4-10-11(7-9)22-13(15-10)16-12(20)5-6-19-8-14-17-18-19/h3-4,7-8H,2,5-6H2,1H3,(H,15,16,20). The lowest BCUT2D eigenvalue weighted by molar-refractivity contribution is -0.116. The molecule has 0 spiro atoms. The number of aromatic nitrogens is 5. The number of ether oxygens (including phenoxy) is 1. The van der Waals surface area contributed by atoms with Gasteiger partial charge in [-0.25, -0.2) is 9.67 Å². The maximum atomic E-state index is 11.9. The molecule has 2 aromatic heterocycles. The van der Waals surface area contributed by atoms with E-state index >= 15 is 0 Å². The van der Waals surface area contributed by atoms with Gasteiger partial charge in [0.25, 0.3) is 0 Å². The Morgan fingerprint density at radius 2 is 2.36 bits per heavy atom. The number of benzene rings is 1. The fourth-order valence-corrected chi connectivity index (χ4v) is 2.81. The van der Waals surface area contributed by atoms with E-state index in [1.807, 2.05) is 25.1 Å². The summed E-state index contributed by atoms with van der Waals surface area (Å²) in [5, 5.41) is 14.1. The molecule has 3 rings (SSSR count). The van der Waals surface area contributed by atoms with Gasteiger partial charge in [-0.15, -0.1) is 5.10 Å². The van der Waals surface area contributed by atoms with Crippen LogP contribution >= 0.6 is 11.3 Å². The zero-order valence-electron chi connectivity index (χ0n) is 11.9. The van der Waals surface area contributed by atoms with Crippen molar-refractivity contribution >= 4 is 32.6 Å². The molecule has 22 heavy (non-hydrogen) atoms. The molecule has 0 fully saturated rings. The van der Waals surface area contributed by atoms with Gasteiger partial charge >= 0.3 is 0 Å². The molecule has 0 radical (unpaired) electrons. The molecule has 1 aromatic carbocycles. The first-order chi connectivity index (χ1) is 10.7. The summed E-state index contributed by atoms with van der Waals surface area (Å²) in [7, 11) is 0. The van der Waals surface area contributed by atoms with E-state index in [9.17, 15) is 4.79 Å². The van der Waals surface area contributed by atoms with Gasteiger partial charge in [0.05, 0.1) is 23.4 Å². The van der Waals surface area contributed by atoms with E-state index in [2.05, 4.69) is 25.8 Å². The Labute approximate surface area is 130 Å². The van der Waals surface area contributed by atoms with Crippen LogP contribution in [0.25, 0.3) is 10.2 Å². The summed E-state index contributed by atoms with van der Waals surface area (Å²) in [4.78, 5) is 16.3. The highest BCUT2D eigenvalue weighted by molar-refractivity contribution is 7.22. The predicted molar refractivity (Wildman–Crippen MR) is 81.9 cm³/mol. The topological polar surface area (TPSA) is 94.8 Å². The Hall–Kier alpha value is -2.55. The van der Waals surface area contributed by atoms with E-state index in [-0.39, 0.29) is 12.3 Å². The molecule has 0 aliphatic rings. The summed E-state index contributed by atoms with van der Waals surface area (Å²) in [6.07, 6.45) is 1.76. The van der Waals surface area contributed by atoms with Gasteiger partial charge < -0.3 is 10.1 Å². The van der Waals surface area contributed by atoms with Crippen LogP contribution in [-0.4, -0.2) is 37.7 Å². The number of rotatable bonds is 6. The number of fused-ring (bicyclic) bond motifs is 1. The van der Waals surface area contributed by atoms with Crippen molar-refractivity contribution in [1.82, 2.24) is 25.2 Å². The molecule has 114 valence electrons. The van der Waals surface area contributed by atoms with Gasteiger partial charge in [-0.05, 0) is 35.5 Å². The number of tetrazole rings is 1. The minimum absolute atomic E-state index is 0.125. The minimum Gasteiger partial charge on any atom is -0.494 e. The third-order valence-electron chi connectivity index (χ3n) is 2.88. The van der Waals surface area contributed by atoms with Crippen LogP contribution < -0.4 is 10.1 Å². The molecular weight excluding hydrogens is 304 g/mol. The maximum Gasteiger partial charge on any atom is 0.228 e. The molecular formula is C13H14N6O2S. The second-order valence-corrected chi connectivity index (χ2v) is 5.48. The Morgan fingerprint density at radius 3 is 3.14 bits per heavy atom. The van der Waals surface area contributed by atoms with Crippen LogP contribution in [0.15, 0.2) is 24.5 Å². The van der Waals surface area contributed by atoms with Crippen molar-refractivity contribution in [2.45, 2.75) is 19.9 Å².